The highest BCUT2D eigenvalue weighted by Gasteiger charge is 2.12. The van der Waals surface area contributed by atoms with Crippen LogP contribution < -0.4 is 10.6 Å². The van der Waals surface area contributed by atoms with E-state index < -0.39 is 0 Å². The van der Waals surface area contributed by atoms with Gasteiger partial charge in [-0.25, -0.2) is 0 Å². The van der Waals surface area contributed by atoms with Crippen LogP contribution in [0.15, 0.2) is 85.3 Å². The molecule has 0 unspecified atom stereocenters. The third-order valence-electron chi connectivity index (χ3n) is 6.76. The first-order valence-electron chi connectivity index (χ1n) is 13.6. The molecule has 0 aliphatic rings. The molecule has 38 heavy (non-hydrogen) atoms. The largest absolute Gasteiger partial charge is 0.385 e. The second-order valence-electron chi connectivity index (χ2n) is 9.92. The smallest absolute Gasteiger partial charge is 0.243 e. The van der Waals surface area contributed by atoms with Crippen LogP contribution in [0.3, 0.4) is 0 Å². The van der Waals surface area contributed by atoms with Crippen LogP contribution in [0, 0.1) is 0 Å². The van der Waals surface area contributed by atoms with E-state index in [4.69, 9.17) is 0 Å². The molecule has 198 valence electrons. The number of unbranched alkanes of at least 4 members (excludes halogenated alkanes) is 1. The minimum Gasteiger partial charge on any atom is -0.385 e. The fourth-order valence-electron chi connectivity index (χ4n) is 4.48. The monoisotopic (exact) mass is 509 g/mol. The van der Waals surface area contributed by atoms with Crippen LogP contribution in [0.25, 0.3) is 17.0 Å². The van der Waals surface area contributed by atoms with Gasteiger partial charge in [0, 0.05) is 73.5 Å². The third-order valence-corrected chi connectivity index (χ3v) is 6.76. The molecule has 0 aliphatic carbocycles. The van der Waals surface area contributed by atoms with Gasteiger partial charge in [0.15, 0.2) is 0 Å². The van der Waals surface area contributed by atoms with Crippen LogP contribution in [0.2, 0.25) is 0 Å². The molecular weight excluding hydrogens is 470 g/mol. The molecule has 2 heterocycles. The number of hydrogen-bond donors (Lipinski definition) is 3. The number of carbonyl (C=O) groups excluding carboxylic acids is 1. The molecule has 4 aromatic rings. The van der Waals surface area contributed by atoms with E-state index in [1.165, 1.54) is 22.0 Å². The van der Waals surface area contributed by atoms with Crippen molar-refractivity contribution in [3.8, 4) is 0 Å². The summed E-state index contributed by atoms with van der Waals surface area (Å²) in [5.74, 6) is -0.0747. The molecule has 0 spiro atoms. The Labute approximate surface area is 226 Å². The van der Waals surface area contributed by atoms with Gasteiger partial charge in [0.1, 0.15) is 0 Å². The van der Waals surface area contributed by atoms with Crippen molar-refractivity contribution in [3.05, 3.63) is 102 Å². The Kier molecular flexibility index (Phi) is 10.1. The summed E-state index contributed by atoms with van der Waals surface area (Å²) in [6.45, 7) is 8.05. The Morgan fingerprint density at radius 3 is 2.63 bits per heavy atom. The van der Waals surface area contributed by atoms with E-state index in [9.17, 15) is 4.79 Å². The van der Waals surface area contributed by atoms with Crippen molar-refractivity contribution in [1.82, 2.24) is 20.2 Å². The molecule has 0 saturated heterocycles. The number of H-pyrrole nitrogens is 1. The van der Waals surface area contributed by atoms with Gasteiger partial charge in [-0.1, -0.05) is 36.4 Å². The lowest BCUT2D eigenvalue weighted by atomic mass is 10.1. The molecule has 6 nitrogen and oxygen atoms in total. The van der Waals surface area contributed by atoms with Gasteiger partial charge in [-0.2, -0.15) is 0 Å². The zero-order valence-electron chi connectivity index (χ0n) is 22.5. The van der Waals surface area contributed by atoms with E-state index in [0.717, 1.165) is 50.1 Å². The van der Waals surface area contributed by atoms with Gasteiger partial charge in [-0.15, -0.1) is 0 Å². The molecule has 0 aliphatic heterocycles. The Bertz CT molecular complexity index is 1290. The lowest BCUT2D eigenvalue weighted by Crippen LogP contribution is -2.32. The summed E-state index contributed by atoms with van der Waals surface area (Å²) in [4.78, 5) is 21.9. The first-order valence-corrected chi connectivity index (χ1v) is 13.6. The fourth-order valence-corrected chi connectivity index (χ4v) is 4.48. The van der Waals surface area contributed by atoms with Crippen molar-refractivity contribution in [3.63, 3.8) is 0 Å². The van der Waals surface area contributed by atoms with Crippen molar-refractivity contribution in [1.29, 1.82) is 0 Å². The highest BCUT2D eigenvalue weighted by Crippen LogP contribution is 2.20. The SMILES string of the molecule is CC(C)N(CCc1c[nH]c2ccccc12)Cc1ccc(NCCCCNC(=O)/C=C/c2cccnc2)cc1. The minimum atomic E-state index is -0.0747. The third kappa shape index (κ3) is 8.32. The predicted octanol–water partition coefficient (Wildman–Crippen LogP) is 6.04. The van der Waals surface area contributed by atoms with Crippen LogP contribution in [0.1, 0.15) is 43.4 Å². The van der Waals surface area contributed by atoms with Gasteiger partial charge in [0.25, 0.3) is 0 Å². The number of carbonyl (C=O) groups is 1. The molecule has 0 radical (unpaired) electrons. The maximum atomic E-state index is 11.9. The number of hydrogen-bond acceptors (Lipinski definition) is 4. The van der Waals surface area contributed by atoms with E-state index in [-0.39, 0.29) is 5.91 Å². The quantitative estimate of drug-likeness (QED) is 0.143. The first kappa shape index (κ1) is 27.1. The number of para-hydroxylation sites is 1. The number of amides is 1. The summed E-state index contributed by atoms with van der Waals surface area (Å²) in [5, 5.41) is 7.75. The number of anilines is 1. The van der Waals surface area contributed by atoms with Gasteiger partial charge < -0.3 is 15.6 Å². The van der Waals surface area contributed by atoms with Crippen LogP contribution in [0.5, 0.6) is 0 Å². The van der Waals surface area contributed by atoms with Crippen molar-refractivity contribution in [2.24, 2.45) is 0 Å². The molecule has 2 aromatic heterocycles. The maximum Gasteiger partial charge on any atom is 0.243 e. The number of aromatic amines is 1. The Morgan fingerprint density at radius 2 is 1.84 bits per heavy atom. The molecule has 3 N–H and O–H groups in total. The second-order valence-corrected chi connectivity index (χ2v) is 9.92. The van der Waals surface area contributed by atoms with Gasteiger partial charge in [0.2, 0.25) is 5.91 Å². The molecular formula is C32H39N5O. The zero-order valence-corrected chi connectivity index (χ0v) is 22.5. The maximum absolute atomic E-state index is 11.9. The van der Waals surface area contributed by atoms with Crippen LogP contribution in [0.4, 0.5) is 5.69 Å². The number of benzene rings is 2. The highest BCUT2D eigenvalue weighted by atomic mass is 16.1. The van der Waals surface area contributed by atoms with Gasteiger partial charge >= 0.3 is 0 Å². The number of fused-ring (bicyclic) bond motifs is 1. The number of nitrogens with zero attached hydrogens (tertiary/aromatic N) is 2. The predicted molar refractivity (Wildman–Crippen MR) is 158 cm³/mol. The molecule has 0 bridgehead atoms. The van der Waals surface area contributed by atoms with Gasteiger partial charge in [-0.3, -0.25) is 14.7 Å². The van der Waals surface area contributed by atoms with Crippen molar-refractivity contribution in [2.45, 2.75) is 45.7 Å². The average Bonchev–Trinajstić information content (AvgIpc) is 3.36. The highest BCUT2D eigenvalue weighted by molar-refractivity contribution is 5.91. The van der Waals surface area contributed by atoms with Gasteiger partial charge in [-0.05, 0) is 80.1 Å². The molecule has 0 atom stereocenters. The van der Waals surface area contributed by atoms with Crippen molar-refractivity contribution >= 4 is 28.6 Å². The Hall–Kier alpha value is -3.90. The number of rotatable bonds is 14. The normalized spacial score (nSPS) is 11.6. The van der Waals surface area contributed by atoms with Crippen molar-refractivity contribution in [2.75, 3.05) is 25.0 Å². The van der Waals surface area contributed by atoms with Crippen molar-refractivity contribution < 1.29 is 4.79 Å². The van der Waals surface area contributed by atoms with E-state index in [1.54, 1.807) is 24.5 Å². The minimum absolute atomic E-state index is 0.0747. The van der Waals surface area contributed by atoms with Crippen LogP contribution in [-0.4, -0.2) is 46.5 Å². The van der Waals surface area contributed by atoms with Crippen LogP contribution >= 0.6 is 0 Å². The fraction of sp³-hybridized carbons (Fsp3) is 0.312. The number of aromatic nitrogens is 2. The molecule has 6 heteroatoms. The molecule has 4 rings (SSSR count). The lowest BCUT2D eigenvalue weighted by molar-refractivity contribution is -0.116. The molecule has 0 fully saturated rings. The summed E-state index contributed by atoms with van der Waals surface area (Å²) >= 11 is 0. The van der Waals surface area contributed by atoms with Crippen LogP contribution in [-0.2, 0) is 17.8 Å². The summed E-state index contributed by atoms with van der Waals surface area (Å²) < 4.78 is 0. The van der Waals surface area contributed by atoms with E-state index in [1.807, 2.05) is 12.1 Å². The average molecular weight is 510 g/mol. The van der Waals surface area contributed by atoms with E-state index in [0.29, 0.717) is 12.6 Å². The topological polar surface area (TPSA) is 73.1 Å². The molecule has 1 amide bonds. The van der Waals surface area contributed by atoms with E-state index in [2.05, 4.69) is 94.1 Å². The van der Waals surface area contributed by atoms with Gasteiger partial charge in [0.05, 0.1) is 0 Å². The summed E-state index contributed by atoms with van der Waals surface area (Å²) in [6, 6.07) is 21.5. The second kappa shape index (κ2) is 14.1. The molecule has 0 saturated carbocycles. The summed E-state index contributed by atoms with van der Waals surface area (Å²) in [5.41, 5.74) is 5.96. The Balaban J connectivity index is 1.14. The summed E-state index contributed by atoms with van der Waals surface area (Å²) in [7, 11) is 0. The Morgan fingerprint density at radius 1 is 1.03 bits per heavy atom. The lowest BCUT2D eigenvalue weighted by Gasteiger charge is -2.26. The number of pyridine rings is 1. The number of nitrogens with one attached hydrogen (secondary N) is 3. The first-order chi connectivity index (χ1) is 18.6. The molecule has 2 aromatic carbocycles. The zero-order chi connectivity index (χ0) is 26.6. The summed E-state index contributed by atoms with van der Waals surface area (Å²) in [6.07, 6.45) is 11.9. The standard InChI is InChI=1S/C32H39N5O/c1-25(2)37(21-17-28-23-36-31-10-4-3-9-30(28)31)24-27-11-14-29(15-12-27)34-19-5-6-20-35-32(38)16-13-26-8-7-18-33-22-26/h3-4,7-16,18,22-23,25,34,36H,5-6,17,19-21,24H2,1-2H3,(H,35,38)/b16-13+. The van der Waals surface area contributed by atoms with E-state index >= 15 is 0 Å².